The van der Waals surface area contributed by atoms with Gasteiger partial charge in [0.1, 0.15) is 10.7 Å². The van der Waals surface area contributed by atoms with Gasteiger partial charge < -0.3 is 13.7 Å². The van der Waals surface area contributed by atoms with Crippen LogP contribution in [0.15, 0.2) is 38.2 Å². The molecule has 4 rings (SSSR count). The van der Waals surface area contributed by atoms with Crippen molar-refractivity contribution in [2.45, 2.75) is 64.3 Å². The quantitative estimate of drug-likeness (QED) is 0.588. The van der Waals surface area contributed by atoms with Gasteiger partial charge in [-0.05, 0) is 76.3 Å². The Hall–Kier alpha value is -2.58. The summed E-state index contributed by atoms with van der Waals surface area (Å²) < 4.78 is 41.0. The number of hydrogen-bond acceptors (Lipinski definition) is 5. The third kappa shape index (κ3) is 4.21. The van der Waals surface area contributed by atoms with E-state index in [-0.39, 0.29) is 28.2 Å². The van der Waals surface area contributed by atoms with Gasteiger partial charge in [-0.15, -0.1) is 0 Å². The number of nitrogens with zero attached hydrogens (tertiary/aromatic N) is 1. The number of sulfonamides is 1. The van der Waals surface area contributed by atoms with E-state index in [9.17, 15) is 13.2 Å². The molecule has 1 fully saturated rings. The molecule has 3 heterocycles. The number of rotatable bonds is 6. The Morgan fingerprint density at radius 3 is 2.53 bits per heavy atom. The average molecular weight is 459 g/mol. The molecule has 0 bridgehead atoms. The first-order valence-electron chi connectivity index (χ1n) is 11.1. The molecule has 1 aromatic carbocycles. The minimum atomic E-state index is -3.91. The minimum Gasteiger partial charge on any atom is -0.469 e. The molecule has 0 unspecified atom stereocenters. The monoisotopic (exact) mass is 458 g/mol. The molecular formula is C24H30N2O5S. The second kappa shape index (κ2) is 8.75. The smallest absolute Gasteiger partial charge is 0.289 e. The molecule has 1 amide bonds. The van der Waals surface area contributed by atoms with Crippen LogP contribution in [0.2, 0.25) is 0 Å². The van der Waals surface area contributed by atoms with Crippen LogP contribution in [0.3, 0.4) is 0 Å². The predicted octanol–water partition coefficient (Wildman–Crippen LogP) is 4.49. The van der Waals surface area contributed by atoms with Gasteiger partial charge in [0.25, 0.3) is 5.91 Å². The highest BCUT2D eigenvalue weighted by Gasteiger charge is 2.30. The molecule has 8 heteroatoms. The SMILES string of the molecule is Cc1cc2c(C)c(C(=O)N3CCCCC3)oc2c(S(=O)(=O)N[C@@H](C)Cc2ccco2)c1C. The van der Waals surface area contributed by atoms with E-state index in [2.05, 4.69) is 4.72 Å². The molecule has 32 heavy (non-hydrogen) atoms. The van der Waals surface area contributed by atoms with Crippen LogP contribution >= 0.6 is 0 Å². The van der Waals surface area contributed by atoms with Gasteiger partial charge >= 0.3 is 0 Å². The maximum Gasteiger partial charge on any atom is 0.289 e. The molecule has 1 aliphatic rings. The van der Waals surface area contributed by atoms with Gasteiger partial charge in [0, 0.05) is 36.5 Å². The molecule has 0 spiro atoms. The van der Waals surface area contributed by atoms with Gasteiger partial charge in [-0.2, -0.15) is 0 Å². The van der Waals surface area contributed by atoms with Crippen LogP contribution < -0.4 is 4.72 Å². The first-order chi connectivity index (χ1) is 15.2. The highest BCUT2D eigenvalue weighted by Crippen LogP contribution is 2.35. The van der Waals surface area contributed by atoms with Crippen LogP contribution in [-0.2, 0) is 16.4 Å². The Kier molecular flexibility index (Phi) is 6.18. The third-order valence-electron chi connectivity index (χ3n) is 6.24. The zero-order valence-electron chi connectivity index (χ0n) is 19.0. The van der Waals surface area contributed by atoms with Crippen LogP contribution in [-0.4, -0.2) is 38.4 Å². The number of likely N-dealkylation sites (tertiary alicyclic amines) is 1. The fraction of sp³-hybridized carbons (Fsp3) is 0.458. The second-order valence-electron chi connectivity index (χ2n) is 8.74. The molecule has 0 saturated carbocycles. The topological polar surface area (TPSA) is 92.8 Å². The van der Waals surface area contributed by atoms with E-state index in [0.717, 1.165) is 24.8 Å². The van der Waals surface area contributed by atoms with Gasteiger partial charge in [0.05, 0.1) is 6.26 Å². The molecule has 2 aromatic heterocycles. The Balaban J connectivity index is 1.74. The lowest BCUT2D eigenvalue weighted by atomic mass is 10.0. The van der Waals surface area contributed by atoms with E-state index < -0.39 is 10.0 Å². The Labute approximate surface area is 188 Å². The second-order valence-corrected chi connectivity index (χ2v) is 10.4. The number of furan rings is 2. The Morgan fingerprint density at radius 2 is 1.88 bits per heavy atom. The molecule has 0 radical (unpaired) electrons. The van der Waals surface area contributed by atoms with Gasteiger partial charge in [-0.3, -0.25) is 4.79 Å². The Bertz CT molecular complexity index is 1240. The van der Waals surface area contributed by atoms with E-state index in [1.807, 2.05) is 26.0 Å². The fourth-order valence-corrected chi connectivity index (χ4v) is 6.10. The first kappa shape index (κ1) is 22.6. The van der Waals surface area contributed by atoms with E-state index in [1.165, 1.54) is 0 Å². The number of carbonyl (C=O) groups excluding carboxylic acids is 1. The van der Waals surface area contributed by atoms with Crippen LogP contribution in [0.5, 0.6) is 0 Å². The maximum atomic E-state index is 13.5. The summed E-state index contributed by atoms with van der Waals surface area (Å²) in [6.45, 7) is 8.65. The van der Waals surface area contributed by atoms with Crippen LogP contribution in [0.1, 0.15) is 59.2 Å². The third-order valence-corrected chi connectivity index (χ3v) is 7.98. The van der Waals surface area contributed by atoms with Crippen molar-refractivity contribution in [1.82, 2.24) is 9.62 Å². The van der Waals surface area contributed by atoms with Crippen molar-refractivity contribution in [1.29, 1.82) is 0 Å². The molecule has 1 N–H and O–H groups in total. The minimum absolute atomic E-state index is 0.0968. The van der Waals surface area contributed by atoms with E-state index >= 15 is 0 Å². The summed E-state index contributed by atoms with van der Waals surface area (Å²) in [5, 5.41) is 0.660. The summed E-state index contributed by atoms with van der Waals surface area (Å²) >= 11 is 0. The van der Waals surface area contributed by atoms with Gasteiger partial charge in [-0.1, -0.05) is 0 Å². The van der Waals surface area contributed by atoms with Gasteiger partial charge in [-0.25, -0.2) is 13.1 Å². The molecule has 3 aromatic rings. The lowest BCUT2D eigenvalue weighted by Gasteiger charge is -2.25. The molecule has 1 saturated heterocycles. The molecular weight excluding hydrogens is 428 g/mol. The van der Waals surface area contributed by atoms with Crippen molar-refractivity contribution >= 4 is 26.9 Å². The highest BCUT2D eigenvalue weighted by molar-refractivity contribution is 7.89. The van der Waals surface area contributed by atoms with E-state index in [0.29, 0.717) is 41.8 Å². The zero-order valence-corrected chi connectivity index (χ0v) is 19.8. The molecule has 0 aliphatic carbocycles. The number of aryl methyl sites for hydroxylation is 2. The van der Waals surface area contributed by atoms with Crippen LogP contribution in [0.4, 0.5) is 0 Å². The summed E-state index contributed by atoms with van der Waals surface area (Å²) in [5.74, 6) is 0.762. The largest absolute Gasteiger partial charge is 0.469 e. The highest BCUT2D eigenvalue weighted by atomic mass is 32.2. The number of fused-ring (bicyclic) bond motifs is 1. The molecule has 172 valence electrons. The maximum absolute atomic E-state index is 13.5. The fourth-order valence-electron chi connectivity index (χ4n) is 4.41. The zero-order chi connectivity index (χ0) is 23.0. The number of amides is 1. The summed E-state index contributed by atoms with van der Waals surface area (Å²) in [6, 6.07) is 5.11. The van der Waals surface area contributed by atoms with Crippen LogP contribution in [0.25, 0.3) is 11.0 Å². The number of carbonyl (C=O) groups is 1. The standard InChI is InChI=1S/C24H30N2O5S/c1-15-13-20-18(4)21(24(27)26-10-6-5-7-11-26)31-22(20)23(17(15)3)32(28,29)25-16(2)14-19-9-8-12-30-19/h8-9,12-13,16,25H,5-7,10-11,14H2,1-4H3/t16-/m0/s1. The summed E-state index contributed by atoms with van der Waals surface area (Å²) in [5.41, 5.74) is 2.36. The number of hydrogen-bond donors (Lipinski definition) is 1. The van der Waals surface area contributed by atoms with E-state index in [4.69, 9.17) is 8.83 Å². The van der Waals surface area contributed by atoms with Gasteiger partial charge in [0.2, 0.25) is 10.0 Å². The lowest BCUT2D eigenvalue weighted by molar-refractivity contribution is 0.0693. The van der Waals surface area contributed by atoms with E-state index in [1.54, 1.807) is 31.1 Å². The van der Waals surface area contributed by atoms with Crippen LogP contribution in [0, 0.1) is 20.8 Å². The van der Waals surface area contributed by atoms with Crippen molar-refractivity contribution in [3.63, 3.8) is 0 Å². The average Bonchev–Trinajstić information content (AvgIpc) is 3.36. The number of benzene rings is 1. The van der Waals surface area contributed by atoms with Gasteiger partial charge in [0.15, 0.2) is 11.3 Å². The summed E-state index contributed by atoms with van der Waals surface area (Å²) in [4.78, 5) is 15.0. The van der Waals surface area contributed by atoms with Crippen molar-refractivity contribution in [3.8, 4) is 0 Å². The molecule has 1 aliphatic heterocycles. The van der Waals surface area contributed by atoms with Crippen molar-refractivity contribution < 1.29 is 22.0 Å². The molecule has 1 atom stereocenters. The summed E-state index contributed by atoms with van der Waals surface area (Å²) in [6.07, 6.45) is 5.06. The Morgan fingerprint density at radius 1 is 1.16 bits per heavy atom. The predicted molar refractivity (Wildman–Crippen MR) is 122 cm³/mol. The van der Waals surface area contributed by atoms with Crippen molar-refractivity contribution in [2.24, 2.45) is 0 Å². The normalized spacial score (nSPS) is 15.9. The number of piperidine rings is 1. The lowest BCUT2D eigenvalue weighted by Crippen LogP contribution is -2.35. The first-order valence-corrected chi connectivity index (χ1v) is 12.5. The summed E-state index contributed by atoms with van der Waals surface area (Å²) in [7, 11) is -3.91. The van der Waals surface area contributed by atoms with Crippen molar-refractivity contribution in [2.75, 3.05) is 13.1 Å². The molecule has 7 nitrogen and oxygen atoms in total. The van der Waals surface area contributed by atoms with Crippen molar-refractivity contribution in [3.05, 3.63) is 52.7 Å². The number of nitrogens with one attached hydrogen (secondary N) is 1.